The lowest BCUT2D eigenvalue weighted by Crippen LogP contribution is -2.40. The van der Waals surface area contributed by atoms with Crippen LogP contribution < -0.4 is 9.80 Å². The third kappa shape index (κ3) is 7.61. The first-order valence-corrected chi connectivity index (χ1v) is 16.7. The van der Waals surface area contributed by atoms with Crippen molar-refractivity contribution in [1.29, 1.82) is 0 Å². The maximum atomic E-state index is 5.64. The van der Waals surface area contributed by atoms with Crippen LogP contribution >= 0.6 is 22.6 Å². The van der Waals surface area contributed by atoms with Gasteiger partial charge in [-0.15, -0.1) is 12.3 Å². The molecule has 4 aromatic carbocycles. The molecule has 0 N–H and O–H groups in total. The second-order valence-electron chi connectivity index (χ2n) is 11.2. The van der Waals surface area contributed by atoms with Gasteiger partial charge >= 0.3 is 0 Å². The van der Waals surface area contributed by atoms with Crippen LogP contribution in [0.25, 0.3) is 11.1 Å². The lowest BCUT2D eigenvalue weighted by atomic mass is 9.93. The molecule has 218 valence electrons. The van der Waals surface area contributed by atoms with Crippen molar-refractivity contribution < 1.29 is 0 Å². The van der Waals surface area contributed by atoms with Crippen LogP contribution in [0.4, 0.5) is 22.7 Å². The summed E-state index contributed by atoms with van der Waals surface area (Å²) >= 11 is 2.68. The van der Waals surface area contributed by atoms with E-state index in [0.29, 0.717) is 16.4 Å². The van der Waals surface area contributed by atoms with Crippen LogP contribution in [0, 0.1) is 19.3 Å². The molecule has 1 aliphatic carbocycles. The minimum absolute atomic E-state index is 0.504. The number of aryl methyl sites for hydroxylation is 1. The van der Waals surface area contributed by atoms with Crippen LogP contribution in [0.3, 0.4) is 0 Å². The monoisotopic (exact) mass is 676 g/mol. The molecule has 4 aromatic rings. The SMILES string of the molecule is C#CC/C=C(\C=C/CC)N(c1ccccc1)c1ccc(-c2ccc(N(c3ccc(C)cc3)C3CCCC[C@H]3I)cc2)cc1. The molecule has 0 aromatic heterocycles. The van der Waals surface area contributed by atoms with Gasteiger partial charge in [-0.2, -0.15) is 0 Å². The summed E-state index contributed by atoms with van der Waals surface area (Å²) in [7, 11) is 0. The summed E-state index contributed by atoms with van der Waals surface area (Å²) in [5, 5.41) is 0. The van der Waals surface area contributed by atoms with Gasteiger partial charge in [0.15, 0.2) is 0 Å². The van der Waals surface area contributed by atoms with Crippen molar-refractivity contribution in [2.24, 2.45) is 0 Å². The fourth-order valence-corrected chi connectivity index (χ4v) is 6.99. The zero-order chi connectivity index (χ0) is 30.0. The number of halogens is 1. The van der Waals surface area contributed by atoms with Gasteiger partial charge in [0.1, 0.15) is 0 Å². The average molecular weight is 677 g/mol. The highest BCUT2D eigenvalue weighted by Crippen LogP contribution is 2.38. The normalized spacial score (nSPS) is 17.0. The van der Waals surface area contributed by atoms with Gasteiger partial charge in [-0.1, -0.05) is 109 Å². The van der Waals surface area contributed by atoms with Crippen molar-refractivity contribution in [3.05, 3.63) is 133 Å². The third-order valence-corrected chi connectivity index (χ3v) is 9.57. The molecule has 43 heavy (non-hydrogen) atoms. The summed E-state index contributed by atoms with van der Waals surface area (Å²) in [4.78, 5) is 4.86. The summed E-state index contributed by atoms with van der Waals surface area (Å²) < 4.78 is 0.638. The Morgan fingerprint density at radius 1 is 0.791 bits per heavy atom. The summed E-state index contributed by atoms with van der Waals surface area (Å²) in [6, 6.07) is 38.0. The zero-order valence-electron chi connectivity index (χ0n) is 25.3. The standard InChI is InChI=1S/C40H41IN2/c1-4-6-13-34(14-7-5-2)42(35-15-9-8-10-16-35)36-27-21-32(22-28-36)33-23-29-38(30-24-33)43(37-25-19-31(3)20-26-37)40-18-12-11-17-39(40)41/h1,7-10,13-16,19-30,39-40H,5-6,11-12,17-18H2,2-3H3/b14-7-,34-13+/t39-,40?/m1/s1. The number of alkyl halides is 1. The van der Waals surface area contributed by atoms with E-state index in [1.165, 1.54) is 53.7 Å². The second kappa shape index (κ2) is 15.1. The van der Waals surface area contributed by atoms with E-state index in [9.17, 15) is 0 Å². The molecule has 1 unspecified atom stereocenters. The molecule has 0 aliphatic heterocycles. The molecule has 5 rings (SSSR count). The molecule has 1 saturated carbocycles. The third-order valence-electron chi connectivity index (χ3n) is 8.12. The van der Waals surface area contributed by atoms with E-state index in [1.54, 1.807) is 0 Å². The zero-order valence-corrected chi connectivity index (χ0v) is 27.5. The number of nitrogens with zero attached hydrogens (tertiary/aromatic N) is 2. The lowest BCUT2D eigenvalue weighted by Gasteiger charge is -2.39. The maximum absolute atomic E-state index is 5.64. The molecule has 2 nitrogen and oxygen atoms in total. The molecule has 0 bridgehead atoms. The summed E-state index contributed by atoms with van der Waals surface area (Å²) in [5.41, 5.74) is 9.55. The highest BCUT2D eigenvalue weighted by atomic mass is 127. The van der Waals surface area contributed by atoms with Gasteiger partial charge in [-0.3, -0.25) is 0 Å². The Hall–Kier alpha value is -3.75. The fourth-order valence-electron chi connectivity index (χ4n) is 5.87. The Bertz CT molecular complexity index is 1540. The average Bonchev–Trinajstić information content (AvgIpc) is 3.05. The molecule has 3 heteroatoms. The first-order chi connectivity index (χ1) is 21.1. The molecule has 1 aliphatic rings. The van der Waals surface area contributed by atoms with Crippen molar-refractivity contribution in [3.63, 3.8) is 0 Å². The Morgan fingerprint density at radius 3 is 1.93 bits per heavy atom. The number of rotatable bonds is 10. The largest absolute Gasteiger partial charge is 0.337 e. The molecule has 0 amide bonds. The number of hydrogen-bond donors (Lipinski definition) is 0. The Balaban J connectivity index is 1.45. The van der Waals surface area contributed by atoms with Crippen LogP contribution in [0.5, 0.6) is 0 Å². The van der Waals surface area contributed by atoms with Crippen LogP contribution in [0.1, 0.15) is 51.0 Å². The molecule has 0 saturated heterocycles. The number of benzene rings is 4. The number of para-hydroxylation sites is 1. The molecule has 0 spiro atoms. The lowest BCUT2D eigenvalue weighted by molar-refractivity contribution is 0.459. The topological polar surface area (TPSA) is 6.48 Å². The smallest absolute Gasteiger partial charge is 0.0461 e. The maximum Gasteiger partial charge on any atom is 0.0461 e. The first-order valence-electron chi connectivity index (χ1n) is 15.4. The van der Waals surface area contributed by atoms with E-state index in [1.807, 2.05) is 0 Å². The molecular formula is C40H41IN2. The van der Waals surface area contributed by atoms with Crippen molar-refractivity contribution in [1.82, 2.24) is 0 Å². The molecule has 0 heterocycles. The Labute approximate surface area is 272 Å². The minimum Gasteiger partial charge on any atom is -0.337 e. The van der Waals surface area contributed by atoms with E-state index in [-0.39, 0.29) is 0 Å². The second-order valence-corrected chi connectivity index (χ2v) is 12.8. The van der Waals surface area contributed by atoms with Gasteiger partial charge in [0.05, 0.1) is 0 Å². The van der Waals surface area contributed by atoms with E-state index in [2.05, 4.69) is 174 Å². The van der Waals surface area contributed by atoms with Gasteiger partial charge in [0.2, 0.25) is 0 Å². The summed E-state index contributed by atoms with van der Waals surface area (Å²) in [6.07, 6.45) is 18.8. The number of anilines is 4. The summed E-state index contributed by atoms with van der Waals surface area (Å²) in [5.74, 6) is 2.77. The fraction of sp³-hybridized carbons (Fsp3) is 0.250. The van der Waals surface area contributed by atoms with Crippen molar-refractivity contribution in [2.75, 3.05) is 9.80 Å². The van der Waals surface area contributed by atoms with E-state index < -0.39 is 0 Å². The number of hydrogen-bond acceptors (Lipinski definition) is 2. The van der Waals surface area contributed by atoms with Crippen molar-refractivity contribution >= 4 is 45.3 Å². The minimum atomic E-state index is 0.504. The molecular weight excluding hydrogens is 635 g/mol. The predicted octanol–water partition coefficient (Wildman–Crippen LogP) is 11.6. The van der Waals surface area contributed by atoms with E-state index in [0.717, 1.165) is 23.5 Å². The number of allylic oxidation sites excluding steroid dienone is 3. The Kier molecular flexibility index (Phi) is 10.8. The first kappa shape index (κ1) is 30.7. The van der Waals surface area contributed by atoms with Crippen LogP contribution in [-0.4, -0.2) is 9.97 Å². The van der Waals surface area contributed by atoms with E-state index >= 15 is 0 Å². The van der Waals surface area contributed by atoms with Gasteiger partial charge in [0, 0.05) is 44.8 Å². The van der Waals surface area contributed by atoms with Gasteiger partial charge in [0.25, 0.3) is 0 Å². The predicted molar refractivity (Wildman–Crippen MR) is 195 cm³/mol. The molecule has 0 radical (unpaired) electrons. The van der Waals surface area contributed by atoms with Crippen molar-refractivity contribution in [3.8, 4) is 23.5 Å². The highest BCUT2D eigenvalue weighted by molar-refractivity contribution is 14.1. The van der Waals surface area contributed by atoms with Gasteiger partial charge in [-0.05, 0) is 98.0 Å². The Morgan fingerprint density at radius 2 is 1.35 bits per heavy atom. The highest BCUT2D eigenvalue weighted by Gasteiger charge is 2.29. The van der Waals surface area contributed by atoms with Gasteiger partial charge < -0.3 is 9.80 Å². The van der Waals surface area contributed by atoms with Gasteiger partial charge in [-0.25, -0.2) is 0 Å². The van der Waals surface area contributed by atoms with Crippen molar-refractivity contribution in [2.45, 2.75) is 62.3 Å². The van der Waals surface area contributed by atoms with Crippen LogP contribution in [0.15, 0.2) is 127 Å². The van der Waals surface area contributed by atoms with E-state index in [4.69, 9.17) is 6.42 Å². The van der Waals surface area contributed by atoms with Crippen LogP contribution in [0.2, 0.25) is 0 Å². The quantitative estimate of drug-likeness (QED) is 0.0714. The molecule has 2 atom stereocenters. The molecule has 1 fully saturated rings. The van der Waals surface area contributed by atoms with Crippen LogP contribution in [-0.2, 0) is 0 Å². The summed E-state index contributed by atoms with van der Waals surface area (Å²) in [6.45, 7) is 4.31. The number of terminal acetylenes is 1.